The van der Waals surface area contributed by atoms with Gasteiger partial charge in [-0.1, -0.05) is 18.6 Å². The molecule has 2 heteroatoms. The predicted octanol–water partition coefficient (Wildman–Crippen LogP) is 3.34. The van der Waals surface area contributed by atoms with Gasteiger partial charge in [0.05, 0.1) is 0 Å². The topological polar surface area (TPSA) is 35.2 Å². The van der Waals surface area contributed by atoms with Crippen molar-refractivity contribution < 1.29 is 4.74 Å². The summed E-state index contributed by atoms with van der Waals surface area (Å²) < 4.78 is 6.28. The third-order valence-corrected chi connectivity index (χ3v) is 3.81. The van der Waals surface area contributed by atoms with Gasteiger partial charge in [0.1, 0.15) is 11.4 Å². The Bertz CT molecular complexity index is 381. The van der Waals surface area contributed by atoms with Gasteiger partial charge < -0.3 is 10.5 Å². The summed E-state index contributed by atoms with van der Waals surface area (Å²) in [6, 6.07) is 6.37. The Hall–Kier alpha value is -1.02. The minimum Gasteiger partial charge on any atom is -0.486 e. The number of benzene rings is 1. The molecule has 1 aromatic rings. The maximum atomic E-state index is 6.28. The van der Waals surface area contributed by atoms with Crippen LogP contribution in [-0.2, 0) is 0 Å². The van der Waals surface area contributed by atoms with Crippen molar-refractivity contribution in [2.24, 2.45) is 5.73 Å². The van der Waals surface area contributed by atoms with Crippen LogP contribution in [0.5, 0.6) is 5.75 Å². The first-order chi connectivity index (χ1) is 8.15. The van der Waals surface area contributed by atoms with Crippen molar-refractivity contribution in [3.05, 3.63) is 29.3 Å². The smallest absolute Gasteiger partial charge is 0.123 e. The van der Waals surface area contributed by atoms with E-state index in [1.807, 2.05) is 0 Å². The molecule has 0 saturated heterocycles. The van der Waals surface area contributed by atoms with Gasteiger partial charge in [-0.25, -0.2) is 0 Å². The van der Waals surface area contributed by atoms with Gasteiger partial charge in [-0.05, 0) is 56.7 Å². The van der Waals surface area contributed by atoms with Crippen molar-refractivity contribution in [1.82, 2.24) is 0 Å². The lowest BCUT2D eigenvalue weighted by molar-refractivity contribution is 0.0380. The Balaban J connectivity index is 2.20. The molecule has 0 aliphatic heterocycles. The third-order valence-electron chi connectivity index (χ3n) is 3.81. The van der Waals surface area contributed by atoms with Crippen molar-refractivity contribution in [2.75, 3.05) is 6.54 Å². The number of hydrogen-bond acceptors (Lipinski definition) is 2. The molecule has 0 radical (unpaired) electrons. The SMILES string of the molecule is Cc1ccc(C)c(OC2(CN)CCCCC2)c1. The summed E-state index contributed by atoms with van der Waals surface area (Å²) >= 11 is 0. The van der Waals surface area contributed by atoms with Crippen LogP contribution < -0.4 is 10.5 Å². The highest BCUT2D eigenvalue weighted by Crippen LogP contribution is 2.33. The van der Waals surface area contributed by atoms with Crippen molar-refractivity contribution in [3.8, 4) is 5.75 Å². The molecule has 1 aliphatic rings. The summed E-state index contributed by atoms with van der Waals surface area (Å²) in [5, 5.41) is 0. The van der Waals surface area contributed by atoms with Crippen LogP contribution in [0.2, 0.25) is 0 Å². The number of ether oxygens (including phenoxy) is 1. The minimum absolute atomic E-state index is 0.114. The summed E-state index contributed by atoms with van der Waals surface area (Å²) in [6.45, 7) is 4.82. The van der Waals surface area contributed by atoms with Crippen LogP contribution in [0.25, 0.3) is 0 Å². The Kier molecular flexibility index (Phi) is 3.72. The molecule has 0 spiro atoms. The third kappa shape index (κ3) is 2.81. The quantitative estimate of drug-likeness (QED) is 0.869. The zero-order valence-electron chi connectivity index (χ0n) is 11.0. The highest BCUT2D eigenvalue weighted by atomic mass is 16.5. The van der Waals surface area contributed by atoms with Crippen LogP contribution in [0.3, 0.4) is 0 Å². The normalized spacial score (nSPS) is 19.0. The summed E-state index contributed by atoms with van der Waals surface area (Å²) in [4.78, 5) is 0. The van der Waals surface area contributed by atoms with Crippen LogP contribution in [-0.4, -0.2) is 12.1 Å². The van der Waals surface area contributed by atoms with Crippen LogP contribution >= 0.6 is 0 Å². The molecule has 0 unspecified atom stereocenters. The molecule has 1 aliphatic carbocycles. The highest BCUT2D eigenvalue weighted by Gasteiger charge is 2.33. The lowest BCUT2D eigenvalue weighted by Crippen LogP contribution is -2.45. The van der Waals surface area contributed by atoms with E-state index in [2.05, 4.69) is 32.0 Å². The number of aryl methyl sites for hydroxylation is 2. The molecule has 2 N–H and O–H groups in total. The summed E-state index contributed by atoms with van der Waals surface area (Å²) in [6.07, 6.45) is 5.98. The molecule has 1 aromatic carbocycles. The van der Waals surface area contributed by atoms with Crippen LogP contribution in [0, 0.1) is 13.8 Å². The Labute approximate surface area is 104 Å². The summed E-state index contributed by atoms with van der Waals surface area (Å²) in [5.41, 5.74) is 8.28. The van der Waals surface area contributed by atoms with E-state index in [0.717, 1.165) is 18.6 Å². The molecule has 2 rings (SSSR count). The number of nitrogens with two attached hydrogens (primary N) is 1. The Morgan fingerprint density at radius 2 is 1.88 bits per heavy atom. The van der Waals surface area contributed by atoms with Crippen molar-refractivity contribution in [3.63, 3.8) is 0 Å². The average molecular weight is 233 g/mol. The van der Waals surface area contributed by atoms with E-state index in [4.69, 9.17) is 10.5 Å². The molecular weight excluding hydrogens is 210 g/mol. The molecule has 0 aromatic heterocycles. The second-order valence-corrected chi connectivity index (χ2v) is 5.32. The second kappa shape index (κ2) is 5.09. The number of rotatable bonds is 3. The number of hydrogen-bond donors (Lipinski definition) is 1. The van der Waals surface area contributed by atoms with Gasteiger partial charge in [0, 0.05) is 6.54 Å². The van der Waals surface area contributed by atoms with E-state index in [1.54, 1.807) is 0 Å². The van der Waals surface area contributed by atoms with Gasteiger partial charge in [0.2, 0.25) is 0 Å². The Morgan fingerprint density at radius 3 is 2.53 bits per heavy atom. The highest BCUT2D eigenvalue weighted by molar-refractivity contribution is 5.36. The molecule has 2 nitrogen and oxygen atoms in total. The van der Waals surface area contributed by atoms with E-state index in [-0.39, 0.29) is 5.60 Å². The molecule has 0 atom stereocenters. The van der Waals surface area contributed by atoms with Gasteiger partial charge in [-0.2, -0.15) is 0 Å². The minimum atomic E-state index is -0.114. The van der Waals surface area contributed by atoms with E-state index >= 15 is 0 Å². The monoisotopic (exact) mass is 233 g/mol. The first kappa shape index (κ1) is 12.4. The molecule has 0 bridgehead atoms. The van der Waals surface area contributed by atoms with E-state index in [0.29, 0.717) is 6.54 Å². The fraction of sp³-hybridized carbons (Fsp3) is 0.600. The maximum absolute atomic E-state index is 6.28. The predicted molar refractivity (Wildman–Crippen MR) is 71.4 cm³/mol. The lowest BCUT2D eigenvalue weighted by atomic mass is 9.84. The molecule has 0 amide bonds. The van der Waals surface area contributed by atoms with Crippen molar-refractivity contribution >= 4 is 0 Å². The Morgan fingerprint density at radius 1 is 1.18 bits per heavy atom. The fourth-order valence-corrected chi connectivity index (χ4v) is 2.59. The molecule has 1 saturated carbocycles. The standard InChI is InChI=1S/C15H23NO/c1-12-6-7-13(2)14(10-12)17-15(11-16)8-4-3-5-9-15/h6-7,10H,3-5,8-9,11,16H2,1-2H3. The van der Waals surface area contributed by atoms with Crippen molar-refractivity contribution in [2.45, 2.75) is 51.6 Å². The molecule has 94 valence electrons. The van der Waals surface area contributed by atoms with Crippen LogP contribution in [0.15, 0.2) is 18.2 Å². The fourth-order valence-electron chi connectivity index (χ4n) is 2.59. The van der Waals surface area contributed by atoms with Gasteiger partial charge in [0.15, 0.2) is 0 Å². The lowest BCUT2D eigenvalue weighted by Gasteiger charge is -2.37. The second-order valence-electron chi connectivity index (χ2n) is 5.32. The first-order valence-electron chi connectivity index (χ1n) is 6.62. The molecule has 17 heavy (non-hydrogen) atoms. The van der Waals surface area contributed by atoms with E-state index < -0.39 is 0 Å². The van der Waals surface area contributed by atoms with Crippen molar-refractivity contribution in [1.29, 1.82) is 0 Å². The largest absolute Gasteiger partial charge is 0.486 e. The molecule has 1 fully saturated rings. The van der Waals surface area contributed by atoms with Crippen LogP contribution in [0.1, 0.15) is 43.2 Å². The van der Waals surface area contributed by atoms with Gasteiger partial charge in [-0.3, -0.25) is 0 Å². The van der Waals surface area contributed by atoms with Gasteiger partial charge >= 0.3 is 0 Å². The average Bonchev–Trinajstić information content (AvgIpc) is 2.35. The van der Waals surface area contributed by atoms with E-state index in [9.17, 15) is 0 Å². The molecule has 0 heterocycles. The van der Waals surface area contributed by atoms with Gasteiger partial charge in [-0.15, -0.1) is 0 Å². The van der Waals surface area contributed by atoms with Crippen LogP contribution in [0.4, 0.5) is 0 Å². The van der Waals surface area contributed by atoms with Gasteiger partial charge in [0.25, 0.3) is 0 Å². The summed E-state index contributed by atoms with van der Waals surface area (Å²) in [7, 11) is 0. The van der Waals surface area contributed by atoms with E-state index in [1.165, 1.54) is 30.4 Å². The zero-order chi connectivity index (χ0) is 12.3. The first-order valence-corrected chi connectivity index (χ1v) is 6.62. The summed E-state index contributed by atoms with van der Waals surface area (Å²) in [5.74, 6) is 1.01. The zero-order valence-corrected chi connectivity index (χ0v) is 11.0. The molecular formula is C15H23NO. The maximum Gasteiger partial charge on any atom is 0.123 e.